The molecule has 0 amide bonds. The normalized spacial score (nSPS) is 35.7. The number of hydrogen-bond donors (Lipinski definition) is 0. The highest BCUT2D eigenvalue weighted by atomic mass is 19.1. The van der Waals surface area contributed by atoms with E-state index in [1.165, 1.54) is 0 Å². The van der Waals surface area contributed by atoms with Crippen LogP contribution in [0.15, 0.2) is 11.1 Å². The van der Waals surface area contributed by atoms with Crippen LogP contribution in [-0.4, -0.2) is 12.0 Å². The fourth-order valence-corrected chi connectivity index (χ4v) is 2.36. The number of alkyl halides is 1. The van der Waals surface area contributed by atoms with Gasteiger partial charge in [-0.1, -0.05) is 6.92 Å². The second kappa shape index (κ2) is 2.68. The maximum Gasteiger partial charge on any atom is 0.159 e. The molecule has 0 N–H and O–H groups in total. The minimum atomic E-state index is -0.824. The van der Waals surface area contributed by atoms with E-state index in [1.54, 1.807) is 0 Å². The van der Waals surface area contributed by atoms with Crippen molar-refractivity contribution in [3.8, 4) is 0 Å². The van der Waals surface area contributed by atoms with Gasteiger partial charge in [0.05, 0.1) is 0 Å². The Kier molecular flexibility index (Phi) is 1.78. The van der Waals surface area contributed by atoms with E-state index in [-0.39, 0.29) is 11.7 Å². The van der Waals surface area contributed by atoms with E-state index in [0.717, 1.165) is 24.0 Å². The summed E-state index contributed by atoms with van der Waals surface area (Å²) >= 11 is 0. The van der Waals surface area contributed by atoms with E-state index in [4.69, 9.17) is 0 Å². The molecule has 0 aromatic carbocycles. The minimum Gasteiger partial charge on any atom is -0.295 e. The molecule has 2 aliphatic rings. The first-order chi connectivity index (χ1) is 5.70. The van der Waals surface area contributed by atoms with Crippen molar-refractivity contribution in [3.05, 3.63) is 11.1 Å². The van der Waals surface area contributed by atoms with Crippen LogP contribution in [0.2, 0.25) is 0 Å². The monoisotopic (exact) mass is 168 g/mol. The zero-order valence-corrected chi connectivity index (χ0v) is 7.27. The predicted octanol–water partition coefficient (Wildman–Crippen LogP) is 2.41. The van der Waals surface area contributed by atoms with E-state index in [2.05, 4.69) is 0 Å². The summed E-state index contributed by atoms with van der Waals surface area (Å²) in [7, 11) is 0. The van der Waals surface area contributed by atoms with Crippen molar-refractivity contribution in [2.75, 3.05) is 0 Å². The molecular weight excluding hydrogens is 155 g/mol. The van der Waals surface area contributed by atoms with Crippen molar-refractivity contribution < 1.29 is 9.18 Å². The summed E-state index contributed by atoms with van der Waals surface area (Å²) in [6.45, 7) is 1.96. The molecule has 0 aliphatic heterocycles. The van der Waals surface area contributed by atoms with Crippen molar-refractivity contribution >= 4 is 5.78 Å². The Bertz CT molecular complexity index is 255. The molecule has 2 aliphatic carbocycles. The van der Waals surface area contributed by atoms with Crippen molar-refractivity contribution in [3.63, 3.8) is 0 Å². The first-order valence-corrected chi connectivity index (χ1v) is 4.60. The van der Waals surface area contributed by atoms with Gasteiger partial charge in [-0.15, -0.1) is 0 Å². The van der Waals surface area contributed by atoms with Gasteiger partial charge in [0.15, 0.2) is 5.78 Å². The highest BCUT2D eigenvalue weighted by Crippen LogP contribution is 2.39. The number of hydrogen-bond acceptors (Lipinski definition) is 1. The molecule has 2 atom stereocenters. The molecule has 0 spiro atoms. The van der Waals surface area contributed by atoms with Crippen molar-refractivity contribution in [2.24, 2.45) is 5.92 Å². The molecule has 0 aromatic rings. The second-order valence-electron chi connectivity index (χ2n) is 3.82. The Balaban J connectivity index is 2.38. The van der Waals surface area contributed by atoms with Crippen molar-refractivity contribution in [1.82, 2.24) is 0 Å². The SMILES string of the molecule is CC1CC(=O)C2=C1C(F)CCC2. The van der Waals surface area contributed by atoms with Crippen LogP contribution < -0.4 is 0 Å². The quantitative estimate of drug-likeness (QED) is 0.543. The lowest BCUT2D eigenvalue weighted by Gasteiger charge is -2.19. The van der Waals surface area contributed by atoms with E-state index in [0.29, 0.717) is 12.8 Å². The van der Waals surface area contributed by atoms with Crippen LogP contribution in [0.3, 0.4) is 0 Å². The zero-order valence-electron chi connectivity index (χ0n) is 7.27. The molecular formula is C10H13FO. The van der Waals surface area contributed by atoms with Crippen LogP contribution in [0.5, 0.6) is 0 Å². The van der Waals surface area contributed by atoms with E-state index < -0.39 is 6.17 Å². The predicted molar refractivity (Wildman–Crippen MR) is 44.6 cm³/mol. The van der Waals surface area contributed by atoms with Gasteiger partial charge in [-0.25, -0.2) is 4.39 Å². The number of ketones is 1. The summed E-state index contributed by atoms with van der Waals surface area (Å²) in [6.07, 6.45) is 2.01. The number of Topliss-reactive ketones (excluding diaryl/α,β-unsaturated/α-hetero) is 1. The fraction of sp³-hybridized carbons (Fsp3) is 0.700. The van der Waals surface area contributed by atoms with Crippen LogP contribution in [-0.2, 0) is 4.79 Å². The second-order valence-corrected chi connectivity index (χ2v) is 3.82. The van der Waals surface area contributed by atoms with Gasteiger partial charge >= 0.3 is 0 Å². The lowest BCUT2D eigenvalue weighted by atomic mass is 9.89. The van der Waals surface area contributed by atoms with Gasteiger partial charge in [0.25, 0.3) is 0 Å². The molecule has 0 aromatic heterocycles. The molecule has 0 heterocycles. The summed E-state index contributed by atoms with van der Waals surface area (Å²) in [4.78, 5) is 11.3. The summed E-state index contributed by atoms with van der Waals surface area (Å²) < 4.78 is 13.4. The molecule has 0 bridgehead atoms. The van der Waals surface area contributed by atoms with E-state index in [9.17, 15) is 9.18 Å². The zero-order chi connectivity index (χ0) is 8.72. The maximum absolute atomic E-state index is 13.4. The van der Waals surface area contributed by atoms with Gasteiger partial charge in [0.1, 0.15) is 6.17 Å². The lowest BCUT2D eigenvalue weighted by Crippen LogP contribution is -2.14. The first kappa shape index (κ1) is 7.96. The van der Waals surface area contributed by atoms with Crippen LogP contribution >= 0.6 is 0 Å². The van der Waals surface area contributed by atoms with Crippen LogP contribution in [0, 0.1) is 5.92 Å². The number of halogens is 1. The first-order valence-electron chi connectivity index (χ1n) is 4.60. The van der Waals surface area contributed by atoms with Crippen LogP contribution in [0.4, 0.5) is 4.39 Å². The van der Waals surface area contributed by atoms with Gasteiger partial charge < -0.3 is 0 Å². The third-order valence-electron chi connectivity index (χ3n) is 2.93. The Labute approximate surface area is 71.6 Å². The van der Waals surface area contributed by atoms with Gasteiger partial charge in [0.2, 0.25) is 0 Å². The standard InChI is InChI=1S/C10H13FO/c1-6-5-9(12)7-3-2-4-8(11)10(6)7/h6,8H,2-5H2,1H3. The fourth-order valence-electron chi connectivity index (χ4n) is 2.36. The van der Waals surface area contributed by atoms with Gasteiger partial charge in [-0.3, -0.25) is 4.79 Å². The largest absolute Gasteiger partial charge is 0.295 e. The molecule has 0 saturated carbocycles. The summed E-state index contributed by atoms with van der Waals surface area (Å²) in [5, 5.41) is 0. The highest BCUT2D eigenvalue weighted by Gasteiger charge is 2.35. The summed E-state index contributed by atoms with van der Waals surface area (Å²) in [5.74, 6) is 0.364. The molecule has 66 valence electrons. The molecule has 2 heteroatoms. The average Bonchev–Trinajstić information content (AvgIpc) is 2.29. The molecule has 12 heavy (non-hydrogen) atoms. The molecule has 0 saturated heterocycles. The third-order valence-corrected chi connectivity index (χ3v) is 2.93. The molecule has 1 nitrogen and oxygen atoms in total. The number of carbonyl (C=O) groups is 1. The van der Waals surface area contributed by atoms with E-state index in [1.807, 2.05) is 6.92 Å². The number of allylic oxidation sites excluding steroid dienone is 2. The number of carbonyl (C=O) groups excluding carboxylic acids is 1. The van der Waals surface area contributed by atoms with Crippen molar-refractivity contribution in [1.29, 1.82) is 0 Å². The Morgan fingerprint density at radius 1 is 1.50 bits per heavy atom. The van der Waals surface area contributed by atoms with Gasteiger partial charge in [-0.05, 0) is 36.3 Å². The molecule has 0 fully saturated rings. The van der Waals surface area contributed by atoms with E-state index >= 15 is 0 Å². The molecule has 0 radical (unpaired) electrons. The Morgan fingerprint density at radius 3 is 2.92 bits per heavy atom. The maximum atomic E-state index is 13.4. The molecule has 2 unspecified atom stereocenters. The average molecular weight is 168 g/mol. The van der Waals surface area contributed by atoms with Gasteiger partial charge in [-0.2, -0.15) is 0 Å². The third kappa shape index (κ3) is 1.01. The lowest BCUT2D eigenvalue weighted by molar-refractivity contribution is -0.115. The number of rotatable bonds is 0. The summed E-state index contributed by atoms with van der Waals surface area (Å²) in [6, 6.07) is 0. The van der Waals surface area contributed by atoms with Crippen LogP contribution in [0.1, 0.15) is 32.6 Å². The topological polar surface area (TPSA) is 17.1 Å². The summed E-state index contributed by atoms with van der Waals surface area (Å²) in [5.41, 5.74) is 1.65. The van der Waals surface area contributed by atoms with Crippen molar-refractivity contribution in [2.45, 2.75) is 38.8 Å². The van der Waals surface area contributed by atoms with Gasteiger partial charge in [0, 0.05) is 6.42 Å². The Morgan fingerprint density at radius 2 is 2.25 bits per heavy atom. The van der Waals surface area contributed by atoms with Crippen LogP contribution in [0.25, 0.3) is 0 Å². The molecule has 2 rings (SSSR count). The minimum absolute atomic E-state index is 0.169. The Hall–Kier alpha value is -0.660. The highest BCUT2D eigenvalue weighted by molar-refractivity contribution is 5.99. The smallest absolute Gasteiger partial charge is 0.159 e.